The first-order valence-corrected chi connectivity index (χ1v) is 10.0. The van der Waals surface area contributed by atoms with Crippen molar-refractivity contribution in [3.63, 3.8) is 0 Å². The number of Topliss-reactive ketones (excluding diaryl/α,β-unsaturated/α-hetero) is 1. The lowest BCUT2D eigenvalue weighted by Gasteiger charge is -2.60. The summed E-state index contributed by atoms with van der Waals surface area (Å²) in [6.07, 6.45) is 7.67. The first-order chi connectivity index (χ1) is 11.8. The van der Waals surface area contributed by atoms with Crippen molar-refractivity contribution in [3.8, 4) is 0 Å². The number of hydrogen-bond donors (Lipinski definition) is 3. The third-order valence-electron chi connectivity index (χ3n) is 8.56. The first-order valence-electron chi connectivity index (χ1n) is 10.0. The molecule has 0 aliphatic heterocycles. The van der Waals surface area contributed by atoms with Crippen molar-refractivity contribution < 1.29 is 20.1 Å². The van der Waals surface area contributed by atoms with Crippen LogP contribution in [0, 0.1) is 34.5 Å². The minimum absolute atomic E-state index is 0.0119. The predicted octanol–water partition coefficient (Wildman–Crippen LogP) is 2.46. The number of aliphatic hydroxyl groups is 3. The van der Waals surface area contributed by atoms with Gasteiger partial charge in [0.05, 0.1) is 12.2 Å². The van der Waals surface area contributed by atoms with Gasteiger partial charge in [-0.3, -0.25) is 4.79 Å². The van der Waals surface area contributed by atoms with Gasteiger partial charge in [0.2, 0.25) is 0 Å². The molecule has 0 bridgehead atoms. The maximum absolute atomic E-state index is 12.3. The average Bonchev–Trinajstić information content (AvgIpc) is 2.91. The van der Waals surface area contributed by atoms with Crippen LogP contribution in [0.15, 0.2) is 11.6 Å². The summed E-state index contributed by atoms with van der Waals surface area (Å²) in [6, 6.07) is 0. The van der Waals surface area contributed by atoms with Gasteiger partial charge in [-0.05, 0) is 73.5 Å². The summed E-state index contributed by atoms with van der Waals surface area (Å²) in [5.74, 6) is 1.00. The van der Waals surface area contributed by atoms with Crippen LogP contribution < -0.4 is 0 Å². The van der Waals surface area contributed by atoms with E-state index in [2.05, 4.69) is 13.8 Å². The van der Waals surface area contributed by atoms with Crippen molar-refractivity contribution in [1.29, 1.82) is 0 Å². The third kappa shape index (κ3) is 2.40. The van der Waals surface area contributed by atoms with Crippen molar-refractivity contribution >= 4 is 5.78 Å². The summed E-state index contributed by atoms with van der Waals surface area (Å²) in [5, 5.41) is 30.6. The SMILES string of the molecule is C[C@]12C[C@H](O)[C@H]3C(CCC4=CC(O)CC[C@@]43C)[C@@H]1CC[C@@H]2C(=O)CO. The Morgan fingerprint density at radius 3 is 2.68 bits per heavy atom. The molecule has 0 radical (unpaired) electrons. The Morgan fingerprint density at radius 2 is 1.96 bits per heavy atom. The lowest BCUT2D eigenvalue weighted by molar-refractivity contribution is -0.145. The third-order valence-corrected chi connectivity index (χ3v) is 8.56. The molecule has 4 heteroatoms. The van der Waals surface area contributed by atoms with E-state index in [-0.39, 0.29) is 41.2 Å². The van der Waals surface area contributed by atoms with Crippen molar-refractivity contribution in [2.24, 2.45) is 34.5 Å². The van der Waals surface area contributed by atoms with Crippen LogP contribution in [0.3, 0.4) is 0 Å². The molecule has 4 rings (SSSR count). The van der Waals surface area contributed by atoms with E-state index in [1.807, 2.05) is 6.08 Å². The highest BCUT2D eigenvalue weighted by Crippen LogP contribution is 2.66. The summed E-state index contributed by atoms with van der Waals surface area (Å²) in [6.45, 7) is 4.10. The number of ketones is 1. The van der Waals surface area contributed by atoms with Gasteiger partial charge in [0, 0.05) is 5.92 Å². The zero-order chi connectivity index (χ0) is 18.0. The van der Waals surface area contributed by atoms with Crippen LogP contribution >= 0.6 is 0 Å². The molecular formula is C21H32O4. The Morgan fingerprint density at radius 1 is 1.20 bits per heavy atom. The van der Waals surface area contributed by atoms with E-state index in [1.165, 1.54) is 5.57 Å². The summed E-state index contributed by atoms with van der Waals surface area (Å²) >= 11 is 0. The Kier molecular flexibility index (Phi) is 4.17. The minimum atomic E-state index is -0.401. The van der Waals surface area contributed by atoms with Crippen molar-refractivity contribution in [3.05, 3.63) is 11.6 Å². The van der Waals surface area contributed by atoms with Gasteiger partial charge < -0.3 is 15.3 Å². The van der Waals surface area contributed by atoms with E-state index >= 15 is 0 Å². The molecule has 0 aromatic heterocycles. The highest BCUT2D eigenvalue weighted by molar-refractivity contribution is 5.83. The molecule has 0 saturated heterocycles. The number of allylic oxidation sites excluding steroid dienone is 1. The van der Waals surface area contributed by atoms with E-state index < -0.39 is 6.10 Å². The van der Waals surface area contributed by atoms with E-state index in [1.54, 1.807) is 0 Å². The highest BCUT2D eigenvalue weighted by atomic mass is 16.3. The second-order valence-electron chi connectivity index (χ2n) is 9.58. The van der Waals surface area contributed by atoms with Gasteiger partial charge in [-0.25, -0.2) is 0 Å². The number of rotatable bonds is 2. The Labute approximate surface area is 150 Å². The molecule has 0 amide bonds. The second kappa shape index (κ2) is 5.90. The molecule has 3 saturated carbocycles. The highest BCUT2D eigenvalue weighted by Gasteiger charge is 2.62. The summed E-state index contributed by atoms with van der Waals surface area (Å²) in [7, 11) is 0. The zero-order valence-corrected chi connectivity index (χ0v) is 15.4. The fraction of sp³-hybridized carbons (Fsp3) is 0.857. The molecule has 3 N–H and O–H groups in total. The van der Waals surface area contributed by atoms with Gasteiger partial charge in [-0.1, -0.05) is 25.5 Å². The second-order valence-corrected chi connectivity index (χ2v) is 9.58. The number of carbonyl (C=O) groups is 1. The molecule has 0 aromatic rings. The average molecular weight is 348 g/mol. The molecule has 0 aromatic carbocycles. The zero-order valence-electron chi connectivity index (χ0n) is 15.4. The smallest absolute Gasteiger partial charge is 0.161 e. The maximum atomic E-state index is 12.3. The molecule has 8 atom stereocenters. The van der Waals surface area contributed by atoms with Gasteiger partial charge in [0.1, 0.15) is 6.61 Å². The van der Waals surface area contributed by atoms with E-state index in [0.717, 1.165) is 38.5 Å². The van der Waals surface area contributed by atoms with E-state index in [4.69, 9.17) is 0 Å². The largest absolute Gasteiger partial charge is 0.393 e. The molecule has 4 nitrogen and oxygen atoms in total. The van der Waals surface area contributed by atoms with Crippen LogP contribution in [0.1, 0.15) is 58.8 Å². The number of fused-ring (bicyclic) bond motifs is 5. The van der Waals surface area contributed by atoms with Gasteiger partial charge in [-0.2, -0.15) is 0 Å². The fourth-order valence-electron chi connectivity index (χ4n) is 7.48. The van der Waals surface area contributed by atoms with E-state index in [0.29, 0.717) is 18.3 Å². The van der Waals surface area contributed by atoms with Crippen LogP contribution in [0.4, 0.5) is 0 Å². The summed E-state index contributed by atoms with van der Waals surface area (Å²) in [4.78, 5) is 12.3. The first kappa shape index (κ1) is 17.7. The van der Waals surface area contributed by atoms with Crippen LogP contribution in [0.2, 0.25) is 0 Å². The lowest BCUT2D eigenvalue weighted by atomic mass is 9.46. The van der Waals surface area contributed by atoms with Crippen LogP contribution in [-0.2, 0) is 4.79 Å². The molecule has 0 spiro atoms. The topological polar surface area (TPSA) is 77.8 Å². The number of aliphatic hydroxyl groups excluding tert-OH is 3. The molecular weight excluding hydrogens is 316 g/mol. The van der Waals surface area contributed by atoms with Gasteiger partial charge in [-0.15, -0.1) is 0 Å². The molecule has 4 aliphatic rings. The van der Waals surface area contributed by atoms with Crippen molar-refractivity contribution in [2.45, 2.75) is 71.0 Å². The molecule has 2 unspecified atom stereocenters. The van der Waals surface area contributed by atoms with Gasteiger partial charge in [0.15, 0.2) is 5.78 Å². The van der Waals surface area contributed by atoms with Crippen LogP contribution in [0.5, 0.6) is 0 Å². The minimum Gasteiger partial charge on any atom is -0.393 e. The summed E-state index contributed by atoms with van der Waals surface area (Å²) < 4.78 is 0. The Hall–Kier alpha value is -0.710. The predicted molar refractivity (Wildman–Crippen MR) is 94.7 cm³/mol. The fourth-order valence-corrected chi connectivity index (χ4v) is 7.48. The molecule has 140 valence electrons. The number of carbonyl (C=O) groups excluding carboxylic acids is 1. The van der Waals surface area contributed by atoms with Gasteiger partial charge in [0.25, 0.3) is 0 Å². The van der Waals surface area contributed by atoms with Crippen LogP contribution in [0.25, 0.3) is 0 Å². The van der Waals surface area contributed by atoms with Crippen LogP contribution in [-0.4, -0.2) is 39.9 Å². The van der Waals surface area contributed by atoms with E-state index in [9.17, 15) is 20.1 Å². The lowest BCUT2D eigenvalue weighted by Crippen LogP contribution is -2.57. The monoisotopic (exact) mass is 348 g/mol. The quantitative estimate of drug-likeness (QED) is 0.670. The molecule has 0 heterocycles. The molecule has 3 fully saturated rings. The molecule has 25 heavy (non-hydrogen) atoms. The number of hydrogen-bond acceptors (Lipinski definition) is 4. The standard InChI is InChI=1S/C21H32O4/c1-20-8-7-13(23)9-12(20)3-4-14-15-5-6-16(18(25)11-22)21(15,2)10-17(24)19(14)20/h9,13-17,19,22-24H,3-8,10-11H2,1-2H3/t13?,14?,15-,16+,17-,19+,20-,21-/m0/s1. The normalized spacial score (nSPS) is 52.0. The maximum Gasteiger partial charge on any atom is 0.161 e. The van der Waals surface area contributed by atoms with Crippen molar-refractivity contribution in [1.82, 2.24) is 0 Å². The summed E-state index contributed by atoms with van der Waals surface area (Å²) in [5.41, 5.74) is 1.16. The Bertz CT molecular complexity index is 599. The molecule has 4 aliphatic carbocycles. The Balaban J connectivity index is 1.69. The van der Waals surface area contributed by atoms with Gasteiger partial charge >= 0.3 is 0 Å². The van der Waals surface area contributed by atoms with Crippen molar-refractivity contribution in [2.75, 3.05) is 6.61 Å².